The van der Waals surface area contributed by atoms with E-state index in [9.17, 15) is 9.90 Å². The highest BCUT2D eigenvalue weighted by molar-refractivity contribution is 5.89. The van der Waals surface area contributed by atoms with Crippen LogP contribution in [0.15, 0.2) is 42.5 Å². The van der Waals surface area contributed by atoms with Gasteiger partial charge in [-0.1, -0.05) is 6.07 Å². The molecule has 0 bridgehead atoms. The Kier molecular flexibility index (Phi) is 5.62. The van der Waals surface area contributed by atoms with Crippen LogP contribution in [-0.4, -0.2) is 43.9 Å². The Bertz CT molecular complexity index is 868. The van der Waals surface area contributed by atoms with Crippen LogP contribution in [0, 0.1) is 0 Å². The molecule has 6 heteroatoms. The lowest BCUT2D eigenvalue weighted by Gasteiger charge is -2.32. The van der Waals surface area contributed by atoms with Crippen molar-refractivity contribution in [2.75, 3.05) is 31.7 Å². The number of para-hydroxylation sites is 1. The molecular formula is C23H29N2O4+. The van der Waals surface area contributed by atoms with Crippen LogP contribution >= 0.6 is 0 Å². The van der Waals surface area contributed by atoms with Crippen molar-refractivity contribution in [3.63, 3.8) is 0 Å². The number of hydrogen-bond acceptors (Lipinski definition) is 5. The van der Waals surface area contributed by atoms with Crippen LogP contribution in [0.1, 0.15) is 48.3 Å². The van der Waals surface area contributed by atoms with Crippen molar-refractivity contribution in [1.82, 2.24) is 0 Å². The number of hydrogen-bond donors (Lipinski definition) is 2. The number of ether oxygens (including phenoxy) is 2. The van der Waals surface area contributed by atoms with Gasteiger partial charge in [0.1, 0.15) is 6.04 Å². The number of carbonyl (C=O) groups excluding carboxylic acids is 1. The van der Waals surface area contributed by atoms with Crippen molar-refractivity contribution in [1.29, 1.82) is 0 Å². The molecule has 154 valence electrons. The number of phenols is 1. The Hall–Kier alpha value is -2.73. The van der Waals surface area contributed by atoms with Crippen molar-refractivity contribution in [2.24, 2.45) is 0 Å². The quantitative estimate of drug-likeness (QED) is 0.760. The third-order valence-corrected chi connectivity index (χ3v) is 6.13. The topological polar surface area (TPSA) is 63.4 Å². The second kappa shape index (κ2) is 8.33. The van der Waals surface area contributed by atoms with Crippen molar-refractivity contribution in [3.8, 4) is 11.5 Å². The van der Waals surface area contributed by atoms with E-state index in [1.807, 2.05) is 36.4 Å². The van der Waals surface area contributed by atoms with E-state index in [1.165, 1.54) is 24.2 Å². The highest BCUT2D eigenvalue weighted by Crippen LogP contribution is 2.38. The zero-order valence-electron chi connectivity index (χ0n) is 17.1. The molecule has 0 aliphatic carbocycles. The number of phenolic OH excluding ortho intramolecular Hbond substituents is 1. The minimum absolute atomic E-state index is 0.0174. The number of nitrogens with zero attached hydrogens (tertiary/aromatic N) is 1. The highest BCUT2D eigenvalue weighted by Gasteiger charge is 2.46. The molecule has 2 aliphatic rings. The van der Waals surface area contributed by atoms with Crippen LogP contribution in [-0.2, 0) is 4.74 Å². The molecule has 2 heterocycles. The Morgan fingerprint density at radius 1 is 1.21 bits per heavy atom. The van der Waals surface area contributed by atoms with Crippen molar-refractivity contribution >= 4 is 11.7 Å². The fraction of sp³-hybridized carbons (Fsp3) is 0.435. The molecule has 0 aromatic heterocycles. The minimum Gasteiger partial charge on any atom is -0.504 e. The summed E-state index contributed by atoms with van der Waals surface area (Å²) in [5.74, 6) is 0.414. The van der Waals surface area contributed by atoms with Crippen LogP contribution < -0.4 is 14.5 Å². The predicted molar refractivity (Wildman–Crippen MR) is 111 cm³/mol. The largest absolute Gasteiger partial charge is 0.504 e. The number of carbonyl (C=O) groups is 1. The summed E-state index contributed by atoms with van der Waals surface area (Å²) < 4.78 is 10.5. The molecule has 2 aliphatic heterocycles. The first-order valence-corrected chi connectivity index (χ1v) is 10.4. The van der Waals surface area contributed by atoms with Gasteiger partial charge in [-0.3, -0.25) is 0 Å². The number of piperidine rings is 1. The van der Waals surface area contributed by atoms with E-state index in [-0.39, 0.29) is 17.9 Å². The fourth-order valence-electron chi connectivity index (χ4n) is 4.77. The average Bonchev–Trinajstić information content (AvgIpc) is 3.13. The predicted octanol–water partition coefficient (Wildman–Crippen LogP) is 2.53. The molecule has 0 spiro atoms. The summed E-state index contributed by atoms with van der Waals surface area (Å²) in [4.78, 5) is 15.8. The lowest BCUT2D eigenvalue weighted by atomic mass is 10.0. The van der Waals surface area contributed by atoms with E-state index < -0.39 is 0 Å². The summed E-state index contributed by atoms with van der Waals surface area (Å²) in [5, 5.41) is 10.9. The second-order valence-electron chi connectivity index (χ2n) is 7.74. The van der Waals surface area contributed by atoms with Gasteiger partial charge in [-0.2, -0.15) is 0 Å². The minimum atomic E-state index is -0.300. The zero-order chi connectivity index (χ0) is 20.4. The normalized spacial score (nSPS) is 23.5. The van der Waals surface area contributed by atoms with Gasteiger partial charge in [0.25, 0.3) is 0 Å². The van der Waals surface area contributed by atoms with Crippen LogP contribution in [0.4, 0.5) is 5.69 Å². The molecule has 2 saturated heterocycles. The summed E-state index contributed by atoms with van der Waals surface area (Å²) >= 11 is 0. The molecule has 0 amide bonds. The highest BCUT2D eigenvalue weighted by atomic mass is 16.5. The Labute approximate surface area is 171 Å². The van der Waals surface area contributed by atoms with Gasteiger partial charge in [0.05, 0.1) is 37.9 Å². The maximum absolute atomic E-state index is 12.0. The summed E-state index contributed by atoms with van der Waals surface area (Å²) in [6, 6.07) is 13.9. The maximum Gasteiger partial charge on any atom is 0.338 e. The van der Waals surface area contributed by atoms with Gasteiger partial charge in [-0.25, -0.2) is 4.79 Å². The number of quaternary nitrogens is 1. The Morgan fingerprint density at radius 2 is 2.00 bits per heavy atom. The molecule has 3 atom stereocenters. The molecule has 0 saturated carbocycles. The van der Waals surface area contributed by atoms with E-state index in [0.29, 0.717) is 24.0 Å². The Balaban J connectivity index is 1.70. The van der Waals surface area contributed by atoms with Crippen LogP contribution in [0.3, 0.4) is 0 Å². The van der Waals surface area contributed by atoms with Crippen molar-refractivity contribution < 1.29 is 24.3 Å². The summed E-state index contributed by atoms with van der Waals surface area (Å²) in [6.45, 7) is 4.18. The molecule has 2 aromatic carbocycles. The van der Waals surface area contributed by atoms with Crippen LogP contribution in [0.25, 0.3) is 0 Å². The lowest BCUT2D eigenvalue weighted by Crippen LogP contribution is -3.15. The summed E-state index contributed by atoms with van der Waals surface area (Å²) in [7, 11) is 1.58. The van der Waals surface area contributed by atoms with Crippen molar-refractivity contribution in [2.45, 2.75) is 38.4 Å². The van der Waals surface area contributed by atoms with Gasteiger partial charge in [-0.05, 0) is 56.2 Å². The number of esters is 1. The number of nitrogens with one attached hydrogen (secondary N) is 1. The molecule has 4 rings (SSSR count). The molecule has 29 heavy (non-hydrogen) atoms. The van der Waals surface area contributed by atoms with Gasteiger partial charge in [0.15, 0.2) is 17.7 Å². The zero-order valence-corrected chi connectivity index (χ0v) is 17.1. The van der Waals surface area contributed by atoms with E-state index in [2.05, 4.69) is 4.90 Å². The van der Waals surface area contributed by atoms with E-state index >= 15 is 0 Å². The molecule has 2 fully saturated rings. The lowest BCUT2D eigenvalue weighted by molar-refractivity contribution is -0.945. The first-order chi connectivity index (χ1) is 14.1. The number of fused-ring (bicyclic) bond motifs is 1. The standard InChI is InChI=1S/C23H28N2O4/c1-3-29-23(27)16-10-12-17(13-11-16)25-15-18-7-4-5-14-24(18)22(25)19-8-6-9-20(28-2)21(19)26/h6,8-13,18,22,26H,3-5,7,14-15H2,1-2H3/p+1/t18-,22+/m1/s1. The molecule has 2 aromatic rings. The molecule has 2 N–H and O–H groups in total. The SMILES string of the molecule is CCOC(=O)c1ccc(N2C[C@H]3CCCC[NH+]3[C@@H]2c2cccc(OC)c2O)cc1. The van der Waals surface area contributed by atoms with Gasteiger partial charge in [-0.15, -0.1) is 0 Å². The van der Waals surface area contributed by atoms with Crippen molar-refractivity contribution in [3.05, 3.63) is 53.6 Å². The number of rotatable bonds is 5. The summed E-state index contributed by atoms with van der Waals surface area (Å²) in [6.07, 6.45) is 3.65. The van der Waals surface area contributed by atoms with E-state index in [4.69, 9.17) is 9.47 Å². The molecule has 1 unspecified atom stereocenters. The maximum atomic E-state index is 12.0. The summed E-state index contributed by atoms with van der Waals surface area (Å²) in [5.41, 5.74) is 2.49. The Morgan fingerprint density at radius 3 is 2.72 bits per heavy atom. The van der Waals surface area contributed by atoms with Crippen LogP contribution in [0.2, 0.25) is 0 Å². The monoisotopic (exact) mass is 397 g/mol. The third-order valence-electron chi connectivity index (χ3n) is 6.13. The first-order valence-electron chi connectivity index (χ1n) is 10.4. The van der Waals surface area contributed by atoms with Gasteiger partial charge >= 0.3 is 5.97 Å². The van der Waals surface area contributed by atoms with Gasteiger partial charge in [0.2, 0.25) is 0 Å². The smallest absolute Gasteiger partial charge is 0.338 e. The van der Waals surface area contributed by atoms with Gasteiger partial charge in [0, 0.05) is 12.1 Å². The van der Waals surface area contributed by atoms with Crippen LogP contribution in [0.5, 0.6) is 11.5 Å². The van der Waals surface area contributed by atoms with E-state index in [1.54, 1.807) is 20.1 Å². The molecular weight excluding hydrogens is 368 g/mol. The third kappa shape index (κ3) is 3.65. The van der Waals surface area contributed by atoms with E-state index in [0.717, 1.165) is 24.3 Å². The second-order valence-corrected chi connectivity index (χ2v) is 7.74. The number of methoxy groups -OCH3 is 1. The molecule has 6 nitrogen and oxygen atoms in total. The number of benzene rings is 2. The molecule has 0 radical (unpaired) electrons. The average molecular weight is 397 g/mol. The number of aromatic hydroxyl groups is 1. The first kappa shape index (κ1) is 19.6. The number of anilines is 1. The fourth-order valence-corrected chi connectivity index (χ4v) is 4.77. The van der Waals surface area contributed by atoms with Gasteiger partial charge < -0.3 is 24.4 Å².